The quantitative estimate of drug-likeness (QED) is 0.594. The lowest BCUT2D eigenvalue weighted by Gasteiger charge is -2.23. The van der Waals surface area contributed by atoms with E-state index >= 15 is 0 Å². The minimum absolute atomic E-state index is 0.0503. The molecular formula is C21H29F. The summed E-state index contributed by atoms with van der Waals surface area (Å²) in [6, 6.07) is 17.5. The average molecular weight is 300 g/mol. The second-order valence-corrected chi connectivity index (χ2v) is 7.33. The van der Waals surface area contributed by atoms with Crippen LogP contribution in [0.2, 0.25) is 0 Å². The van der Waals surface area contributed by atoms with Crippen molar-refractivity contribution in [3.8, 4) is 0 Å². The number of rotatable bonds is 2. The Labute approximate surface area is 135 Å². The third kappa shape index (κ3) is 5.29. The van der Waals surface area contributed by atoms with E-state index in [-0.39, 0.29) is 11.2 Å². The van der Waals surface area contributed by atoms with Crippen LogP contribution in [0.15, 0.2) is 54.6 Å². The van der Waals surface area contributed by atoms with Crippen molar-refractivity contribution >= 4 is 0 Å². The fraction of sp³-hybridized carbons (Fsp3) is 0.429. The van der Waals surface area contributed by atoms with Crippen molar-refractivity contribution in [3.05, 3.63) is 71.5 Å². The molecule has 0 atom stereocenters. The molecule has 1 heteroatoms. The smallest absolute Gasteiger partial charge is 0.126 e. The fourth-order valence-electron chi connectivity index (χ4n) is 2.14. The number of hydrogen-bond donors (Lipinski definition) is 0. The molecule has 0 aliphatic carbocycles. The van der Waals surface area contributed by atoms with Gasteiger partial charge in [0.25, 0.3) is 0 Å². The highest BCUT2D eigenvalue weighted by molar-refractivity contribution is 5.25. The number of halogens is 1. The van der Waals surface area contributed by atoms with Gasteiger partial charge in [0.05, 0.1) is 0 Å². The predicted octanol–water partition coefficient (Wildman–Crippen LogP) is 6.50. The molecule has 0 N–H and O–H groups in total. The highest BCUT2D eigenvalue weighted by Crippen LogP contribution is 2.28. The van der Waals surface area contributed by atoms with Crippen LogP contribution < -0.4 is 0 Å². The molecule has 120 valence electrons. The van der Waals surface area contributed by atoms with E-state index in [0.717, 1.165) is 12.0 Å². The first-order valence-corrected chi connectivity index (χ1v) is 7.99. The van der Waals surface area contributed by atoms with E-state index in [1.54, 1.807) is 6.07 Å². The van der Waals surface area contributed by atoms with Gasteiger partial charge in [0, 0.05) is 0 Å². The Hall–Kier alpha value is -1.63. The molecule has 0 bridgehead atoms. The van der Waals surface area contributed by atoms with Crippen molar-refractivity contribution in [1.82, 2.24) is 0 Å². The Kier molecular flexibility index (Phi) is 6.34. The highest BCUT2D eigenvalue weighted by atomic mass is 19.1. The first-order chi connectivity index (χ1) is 10.2. The van der Waals surface area contributed by atoms with Crippen molar-refractivity contribution < 1.29 is 4.39 Å². The van der Waals surface area contributed by atoms with Gasteiger partial charge in [-0.3, -0.25) is 0 Å². The lowest BCUT2D eigenvalue weighted by atomic mass is 9.82. The molecule has 0 saturated carbocycles. The van der Waals surface area contributed by atoms with Crippen LogP contribution in [0.1, 0.15) is 59.1 Å². The molecule has 0 fully saturated rings. The summed E-state index contributed by atoms with van der Waals surface area (Å²) in [5.41, 5.74) is 2.45. The number of hydrogen-bond acceptors (Lipinski definition) is 0. The molecule has 0 spiro atoms. The molecule has 0 nitrogen and oxygen atoms in total. The van der Waals surface area contributed by atoms with Crippen LogP contribution in [0.4, 0.5) is 4.39 Å². The van der Waals surface area contributed by atoms with Gasteiger partial charge in [0.1, 0.15) is 5.82 Å². The Morgan fingerprint density at radius 1 is 0.773 bits per heavy atom. The normalized spacial score (nSPS) is 11.6. The lowest BCUT2D eigenvalue weighted by Crippen LogP contribution is -2.17. The molecule has 0 aliphatic heterocycles. The van der Waals surface area contributed by atoms with Gasteiger partial charge in [-0.2, -0.15) is 0 Å². The van der Waals surface area contributed by atoms with E-state index in [1.807, 2.05) is 12.1 Å². The second-order valence-electron chi connectivity index (χ2n) is 7.33. The van der Waals surface area contributed by atoms with Crippen molar-refractivity contribution in [2.24, 2.45) is 0 Å². The van der Waals surface area contributed by atoms with Gasteiger partial charge in [-0.1, -0.05) is 90.1 Å². The van der Waals surface area contributed by atoms with Crippen molar-refractivity contribution in [3.63, 3.8) is 0 Å². The summed E-state index contributed by atoms with van der Waals surface area (Å²) in [7, 11) is 0. The van der Waals surface area contributed by atoms with Crippen LogP contribution in [0.5, 0.6) is 0 Å². The summed E-state index contributed by atoms with van der Waals surface area (Å²) in [6.07, 6.45) is 0.952. The topological polar surface area (TPSA) is 0 Å². The average Bonchev–Trinajstić information content (AvgIpc) is 2.48. The third-order valence-electron chi connectivity index (χ3n) is 4.13. The van der Waals surface area contributed by atoms with Crippen LogP contribution in [0.25, 0.3) is 0 Å². The van der Waals surface area contributed by atoms with E-state index in [0.29, 0.717) is 5.41 Å². The molecule has 2 rings (SSSR count). The van der Waals surface area contributed by atoms with Gasteiger partial charge >= 0.3 is 0 Å². The van der Waals surface area contributed by atoms with Gasteiger partial charge in [-0.15, -0.1) is 0 Å². The monoisotopic (exact) mass is 300 g/mol. The fourth-order valence-corrected chi connectivity index (χ4v) is 2.14. The molecule has 0 aromatic heterocycles. The van der Waals surface area contributed by atoms with Crippen molar-refractivity contribution in [1.29, 1.82) is 0 Å². The predicted molar refractivity (Wildman–Crippen MR) is 94.9 cm³/mol. The molecule has 0 aliphatic rings. The number of benzene rings is 2. The molecule has 2 aromatic carbocycles. The van der Waals surface area contributed by atoms with Gasteiger partial charge in [0.2, 0.25) is 0 Å². The Balaban J connectivity index is 0.000000224. The molecule has 0 radical (unpaired) electrons. The molecule has 0 unspecified atom stereocenters. The van der Waals surface area contributed by atoms with Crippen LogP contribution in [-0.4, -0.2) is 0 Å². The molecule has 0 saturated heterocycles. The summed E-state index contributed by atoms with van der Waals surface area (Å²) < 4.78 is 13.3. The summed E-state index contributed by atoms with van der Waals surface area (Å²) in [6.45, 7) is 12.9. The first-order valence-electron chi connectivity index (χ1n) is 7.99. The summed E-state index contributed by atoms with van der Waals surface area (Å²) >= 11 is 0. The Morgan fingerprint density at radius 3 is 1.68 bits per heavy atom. The van der Waals surface area contributed by atoms with Gasteiger partial charge in [0.15, 0.2) is 0 Å². The zero-order valence-electron chi connectivity index (χ0n) is 14.8. The van der Waals surface area contributed by atoms with Crippen molar-refractivity contribution in [2.75, 3.05) is 0 Å². The van der Waals surface area contributed by atoms with Crippen LogP contribution >= 0.6 is 0 Å². The van der Waals surface area contributed by atoms with E-state index < -0.39 is 0 Å². The zero-order valence-corrected chi connectivity index (χ0v) is 14.8. The van der Waals surface area contributed by atoms with Gasteiger partial charge in [-0.05, 0) is 34.4 Å². The summed E-state index contributed by atoms with van der Waals surface area (Å²) in [5, 5.41) is 0. The maximum absolute atomic E-state index is 13.3. The maximum Gasteiger partial charge on any atom is 0.126 e. The lowest BCUT2D eigenvalue weighted by molar-refractivity contribution is 0.469. The van der Waals surface area contributed by atoms with Crippen LogP contribution in [0.3, 0.4) is 0 Å². The van der Waals surface area contributed by atoms with Crippen molar-refractivity contribution in [2.45, 2.75) is 58.8 Å². The Morgan fingerprint density at radius 2 is 1.27 bits per heavy atom. The van der Waals surface area contributed by atoms with E-state index in [9.17, 15) is 4.39 Å². The van der Waals surface area contributed by atoms with E-state index in [1.165, 1.54) is 11.6 Å². The SMILES string of the molecule is CC(C)(C)c1ccccc1.CCC(C)(C)c1ccccc1F. The molecule has 2 aromatic rings. The molecule has 0 heterocycles. The summed E-state index contributed by atoms with van der Waals surface area (Å²) in [4.78, 5) is 0. The molecule has 22 heavy (non-hydrogen) atoms. The second kappa shape index (κ2) is 7.58. The van der Waals surface area contributed by atoms with Crippen LogP contribution in [0, 0.1) is 5.82 Å². The highest BCUT2D eigenvalue weighted by Gasteiger charge is 2.20. The van der Waals surface area contributed by atoms with E-state index in [4.69, 9.17) is 0 Å². The minimum Gasteiger partial charge on any atom is -0.207 e. The standard InChI is InChI=1S/C11H15F.C10H14/c1-4-11(2,3)9-7-5-6-8-10(9)12;1-10(2,3)9-7-5-4-6-8-9/h5-8H,4H2,1-3H3;4-8H,1-3H3. The molecular weight excluding hydrogens is 271 g/mol. The van der Waals surface area contributed by atoms with Gasteiger partial charge < -0.3 is 0 Å². The third-order valence-corrected chi connectivity index (χ3v) is 4.13. The zero-order chi connectivity index (χ0) is 16.8. The van der Waals surface area contributed by atoms with Crippen LogP contribution in [-0.2, 0) is 10.8 Å². The summed E-state index contributed by atoms with van der Waals surface area (Å²) in [5.74, 6) is -0.0932. The van der Waals surface area contributed by atoms with Gasteiger partial charge in [-0.25, -0.2) is 4.39 Å². The largest absolute Gasteiger partial charge is 0.207 e. The Bertz CT molecular complexity index is 562. The van der Waals surface area contributed by atoms with E-state index in [2.05, 4.69) is 71.9 Å². The first kappa shape index (κ1) is 18.4. The maximum atomic E-state index is 13.3. The molecule has 0 amide bonds. The minimum atomic E-state index is -0.0932.